The molecule has 24 heavy (non-hydrogen) atoms. The molecule has 0 radical (unpaired) electrons. The highest BCUT2D eigenvalue weighted by molar-refractivity contribution is 5.83. The lowest BCUT2D eigenvalue weighted by Gasteiger charge is -2.22. The van der Waals surface area contributed by atoms with Crippen LogP contribution in [0.4, 0.5) is 4.79 Å². The lowest BCUT2D eigenvalue weighted by atomic mass is 9.96. The first kappa shape index (κ1) is 20.3. The van der Waals surface area contributed by atoms with E-state index in [2.05, 4.69) is 16.0 Å². The number of aliphatic carboxylic acids is 1. The molecule has 7 nitrogen and oxygen atoms in total. The van der Waals surface area contributed by atoms with Gasteiger partial charge in [0.15, 0.2) is 0 Å². The second-order valence-corrected chi connectivity index (χ2v) is 6.93. The van der Waals surface area contributed by atoms with Crippen molar-refractivity contribution < 1.29 is 19.5 Å². The Bertz CT molecular complexity index is 420. The Labute approximate surface area is 144 Å². The molecule has 0 saturated heterocycles. The lowest BCUT2D eigenvalue weighted by molar-refractivity contribution is -0.142. The van der Waals surface area contributed by atoms with Gasteiger partial charge in [0.2, 0.25) is 5.91 Å². The van der Waals surface area contributed by atoms with Gasteiger partial charge >= 0.3 is 12.0 Å². The molecule has 4 N–H and O–H groups in total. The Balaban J connectivity index is 2.15. The van der Waals surface area contributed by atoms with Crippen LogP contribution in [0.5, 0.6) is 0 Å². The SMILES string of the molecule is CC(C)C[C@H](NC(=O)CCCNC(=O)NC1CCCCC1)C(=O)O. The molecule has 1 saturated carbocycles. The Hall–Kier alpha value is -1.79. The molecule has 138 valence electrons. The second kappa shape index (κ2) is 10.9. The molecule has 0 unspecified atom stereocenters. The highest BCUT2D eigenvalue weighted by Gasteiger charge is 2.20. The van der Waals surface area contributed by atoms with Crippen LogP contribution in [-0.4, -0.2) is 41.6 Å². The van der Waals surface area contributed by atoms with E-state index in [1.807, 2.05) is 13.8 Å². The molecule has 3 amide bonds. The molecular weight excluding hydrogens is 310 g/mol. The van der Waals surface area contributed by atoms with Crippen molar-refractivity contribution in [2.24, 2.45) is 5.92 Å². The van der Waals surface area contributed by atoms with Crippen LogP contribution in [0.15, 0.2) is 0 Å². The predicted molar refractivity (Wildman–Crippen MR) is 91.7 cm³/mol. The van der Waals surface area contributed by atoms with Crippen molar-refractivity contribution in [1.29, 1.82) is 0 Å². The zero-order chi connectivity index (χ0) is 17.9. The normalized spacial score (nSPS) is 16.5. The van der Waals surface area contributed by atoms with Gasteiger partial charge in [-0.1, -0.05) is 33.1 Å². The summed E-state index contributed by atoms with van der Waals surface area (Å²) in [6, 6.07) is -0.778. The molecule has 1 aliphatic carbocycles. The Kier molecular flexibility index (Phi) is 9.19. The van der Waals surface area contributed by atoms with Crippen LogP contribution >= 0.6 is 0 Å². The molecule has 0 aromatic heterocycles. The molecule has 1 atom stereocenters. The van der Waals surface area contributed by atoms with Crippen molar-refractivity contribution in [3.63, 3.8) is 0 Å². The zero-order valence-corrected chi connectivity index (χ0v) is 14.8. The maximum atomic E-state index is 11.8. The van der Waals surface area contributed by atoms with E-state index in [4.69, 9.17) is 5.11 Å². The minimum Gasteiger partial charge on any atom is -0.480 e. The van der Waals surface area contributed by atoms with Gasteiger partial charge in [0.25, 0.3) is 0 Å². The van der Waals surface area contributed by atoms with E-state index >= 15 is 0 Å². The average molecular weight is 341 g/mol. The van der Waals surface area contributed by atoms with Gasteiger partial charge in [0, 0.05) is 19.0 Å². The summed E-state index contributed by atoms with van der Waals surface area (Å²) >= 11 is 0. The van der Waals surface area contributed by atoms with Gasteiger partial charge in [-0.25, -0.2) is 9.59 Å². The van der Waals surface area contributed by atoms with Gasteiger partial charge in [-0.2, -0.15) is 0 Å². The number of carboxylic acid groups (broad SMARTS) is 1. The van der Waals surface area contributed by atoms with E-state index in [9.17, 15) is 14.4 Å². The highest BCUT2D eigenvalue weighted by atomic mass is 16.4. The quantitative estimate of drug-likeness (QED) is 0.481. The predicted octanol–water partition coefficient (Wildman–Crippen LogP) is 2.01. The van der Waals surface area contributed by atoms with Crippen LogP contribution in [0.1, 0.15) is 65.2 Å². The van der Waals surface area contributed by atoms with E-state index in [-0.39, 0.29) is 30.3 Å². The third kappa shape index (κ3) is 8.74. The molecular formula is C17H31N3O4. The lowest BCUT2D eigenvalue weighted by Crippen LogP contribution is -2.44. The number of carbonyl (C=O) groups excluding carboxylic acids is 2. The standard InChI is InChI=1S/C17H31N3O4/c1-12(2)11-14(16(22)23)20-15(21)9-6-10-18-17(24)19-13-7-4-3-5-8-13/h12-14H,3-11H2,1-2H3,(H,20,21)(H,22,23)(H2,18,19,24)/t14-/m0/s1. The minimum absolute atomic E-state index is 0.189. The molecule has 0 aromatic rings. The molecule has 1 fully saturated rings. The van der Waals surface area contributed by atoms with E-state index < -0.39 is 12.0 Å². The van der Waals surface area contributed by atoms with Crippen LogP contribution in [0.25, 0.3) is 0 Å². The number of urea groups is 1. The number of carboxylic acids is 1. The number of hydrogen-bond donors (Lipinski definition) is 4. The van der Waals surface area contributed by atoms with E-state index in [0.29, 0.717) is 19.4 Å². The van der Waals surface area contributed by atoms with Crippen LogP contribution in [-0.2, 0) is 9.59 Å². The van der Waals surface area contributed by atoms with Gasteiger partial charge in [-0.05, 0) is 31.6 Å². The van der Waals surface area contributed by atoms with Gasteiger partial charge in [-0.15, -0.1) is 0 Å². The van der Waals surface area contributed by atoms with Crippen molar-refractivity contribution in [1.82, 2.24) is 16.0 Å². The number of amides is 3. The van der Waals surface area contributed by atoms with E-state index in [0.717, 1.165) is 25.7 Å². The van der Waals surface area contributed by atoms with Crippen molar-refractivity contribution in [2.45, 2.75) is 77.3 Å². The fraction of sp³-hybridized carbons (Fsp3) is 0.824. The fourth-order valence-corrected chi connectivity index (χ4v) is 2.89. The largest absolute Gasteiger partial charge is 0.480 e. The molecule has 0 heterocycles. The first-order chi connectivity index (χ1) is 11.4. The van der Waals surface area contributed by atoms with Crippen LogP contribution in [0, 0.1) is 5.92 Å². The number of rotatable bonds is 9. The Morgan fingerprint density at radius 3 is 2.38 bits per heavy atom. The molecule has 0 aromatic carbocycles. The third-order valence-corrected chi connectivity index (χ3v) is 4.15. The number of hydrogen-bond acceptors (Lipinski definition) is 3. The maximum absolute atomic E-state index is 11.8. The van der Waals surface area contributed by atoms with E-state index in [1.165, 1.54) is 6.42 Å². The van der Waals surface area contributed by atoms with Gasteiger partial charge < -0.3 is 21.1 Å². The van der Waals surface area contributed by atoms with Crippen molar-refractivity contribution >= 4 is 17.9 Å². The minimum atomic E-state index is -1.01. The zero-order valence-electron chi connectivity index (χ0n) is 14.8. The first-order valence-corrected chi connectivity index (χ1v) is 8.95. The summed E-state index contributed by atoms with van der Waals surface area (Å²) in [6.07, 6.45) is 6.71. The number of carbonyl (C=O) groups is 3. The summed E-state index contributed by atoms with van der Waals surface area (Å²) < 4.78 is 0. The Morgan fingerprint density at radius 1 is 1.12 bits per heavy atom. The molecule has 0 bridgehead atoms. The highest BCUT2D eigenvalue weighted by Crippen LogP contribution is 2.17. The number of nitrogens with one attached hydrogen (secondary N) is 3. The molecule has 0 aliphatic heterocycles. The summed E-state index contributed by atoms with van der Waals surface area (Å²) in [4.78, 5) is 34.6. The average Bonchev–Trinajstić information content (AvgIpc) is 2.51. The summed E-state index contributed by atoms with van der Waals surface area (Å²) in [6.45, 7) is 4.22. The third-order valence-electron chi connectivity index (χ3n) is 4.15. The van der Waals surface area contributed by atoms with Crippen LogP contribution in [0.2, 0.25) is 0 Å². The van der Waals surface area contributed by atoms with E-state index in [1.54, 1.807) is 0 Å². The molecule has 0 spiro atoms. The first-order valence-electron chi connectivity index (χ1n) is 8.95. The van der Waals surface area contributed by atoms with Gasteiger partial charge in [0.05, 0.1) is 0 Å². The van der Waals surface area contributed by atoms with Crippen LogP contribution in [0.3, 0.4) is 0 Å². The maximum Gasteiger partial charge on any atom is 0.326 e. The molecule has 1 aliphatic rings. The summed E-state index contributed by atoms with van der Waals surface area (Å²) in [5.74, 6) is -1.11. The second-order valence-electron chi connectivity index (χ2n) is 6.93. The topological polar surface area (TPSA) is 108 Å². The van der Waals surface area contributed by atoms with Crippen molar-refractivity contribution in [3.05, 3.63) is 0 Å². The van der Waals surface area contributed by atoms with Crippen LogP contribution < -0.4 is 16.0 Å². The van der Waals surface area contributed by atoms with Crippen molar-refractivity contribution in [3.8, 4) is 0 Å². The molecule has 7 heteroatoms. The molecule has 1 rings (SSSR count). The fourth-order valence-electron chi connectivity index (χ4n) is 2.89. The summed E-state index contributed by atoms with van der Waals surface area (Å²) in [7, 11) is 0. The summed E-state index contributed by atoms with van der Waals surface area (Å²) in [5.41, 5.74) is 0. The smallest absolute Gasteiger partial charge is 0.326 e. The van der Waals surface area contributed by atoms with Crippen molar-refractivity contribution in [2.75, 3.05) is 6.54 Å². The van der Waals surface area contributed by atoms with Gasteiger partial charge in [0.1, 0.15) is 6.04 Å². The van der Waals surface area contributed by atoms with Gasteiger partial charge in [-0.3, -0.25) is 4.79 Å². The summed E-state index contributed by atoms with van der Waals surface area (Å²) in [5, 5.41) is 17.3. The Morgan fingerprint density at radius 2 is 1.79 bits per heavy atom. The monoisotopic (exact) mass is 341 g/mol.